The number of methoxy groups -OCH3 is 1. The average molecular weight is 336 g/mol. The second kappa shape index (κ2) is 7.61. The van der Waals surface area contributed by atoms with Gasteiger partial charge in [0.25, 0.3) is 5.56 Å². The smallest absolute Gasteiger partial charge is 0.337 e. The number of rotatable bonds is 6. The molecule has 0 spiro atoms. The van der Waals surface area contributed by atoms with E-state index < -0.39 is 12.1 Å². The fourth-order valence-corrected chi connectivity index (χ4v) is 3.04. The van der Waals surface area contributed by atoms with Crippen LogP contribution in [0.5, 0.6) is 0 Å². The molecule has 1 aromatic heterocycles. The van der Waals surface area contributed by atoms with Gasteiger partial charge in [0, 0.05) is 5.75 Å². The minimum atomic E-state index is -0.651. The number of hydrogen-bond acceptors (Lipinski definition) is 6. The van der Waals surface area contributed by atoms with E-state index in [1.807, 2.05) is 6.92 Å². The first-order valence-electron chi connectivity index (χ1n) is 7.41. The topological polar surface area (TPSA) is 81.4 Å². The van der Waals surface area contributed by atoms with Crippen LogP contribution in [0.2, 0.25) is 0 Å². The lowest BCUT2D eigenvalue weighted by Gasteiger charge is -2.14. The molecule has 0 aliphatic rings. The summed E-state index contributed by atoms with van der Waals surface area (Å²) in [7, 11) is 1.31. The molecule has 6 nitrogen and oxygen atoms in total. The van der Waals surface area contributed by atoms with Crippen LogP contribution >= 0.6 is 11.8 Å². The van der Waals surface area contributed by atoms with Crippen LogP contribution < -0.4 is 5.56 Å². The fraction of sp³-hybridized carbons (Fsp3) is 0.438. The average Bonchev–Trinajstić information content (AvgIpc) is 2.54. The van der Waals surface area contributed by atoms with Gasteiger partial charge in [0.15, 0.2) is 5.16 Å². The second-order valence-corrected chi connectivity index (χ2v) is 6.29. The molecule has 7 heteroatoms. The third-order valence-electron chi connectivity index (χ3n) is 3.22. The van der Waals surface area contributed by atoms with Gasteiger partial charge in [0.1, 0.15) is 0 Å². The number of carbonyl (C=O) groups is 1. The fourth-order valence-electron chi connectivity index (χ4n) is 2.17. The van der Waals surface area contributed by atoms with Crippen molar-refractivity contribution in [2.24, 2.45) is 0 Å². The number of benzene rings is 1. The molecule has 0 saturated heterocycles. The van der Waals surface area contributed by atoms with Crippen molar-refractivity contribution in [3.8, 4) is 0 Å². The van der Waals surface area contributed by atoms with Crippen LogP contribution in [0.3, 0.4) is 0 Å². The Labute approximate surface area is 138 Å². The van der Waals surface area contributed by atoms with Crippen molar-refractivity contribution in [1.82, 2.24) is 9.55 Å². The highest BCUT2D eigenvalue weighted by Crippen LogP contribution is 2.20. The van der Waals surface area contributed by atoms with E-state index in [1.54, 1.807) is 25.1 Å². The quantitative estimate of drug-likeness (QED) is 0.494. The zero-order valence-electron chi connectivity index (χ0n) is 13.4. The van der Waals surface area contributed by atoms with Crippen LogP contribution in [0.1, 0.15) is 30.6 Å². The van der Waals surface area contributed by atoms with E-state index in [1.165, 1.54) is 23.4 Å². The molecule has 0 aliphatic heterocycles. The maximum Gasteiger partial charge on any atom is 0.337 e. The van der Waals surface area contributed by atoms with Crippen LogP contribution in [0.25, 0.3) is 10.9 Å². The lowest BCUT2D eigenvalue weighted by Crippen LogP contribution is -2.28. The van der Waals surface area contributed by atoms with Gasteiger partial charge in [-0.05, 0) is 31.5 Å². The van der Waals surface area contributed by atoms with Crippen molar-refractivity contribution in [1.29, 1.82) is 0 Å². The molecule has 1 aromatic carbocycles. The molecular formula is C16H20N2O4S. The molecule has 2 rings (SSSR count). The van der Waals surface area contributed by atoms with Crippen molar-refractivity contribution < 1.29 is 14.6 Å². The molecular weight excluding hydrogens is 316 g/mol. The van der Waals surface area contributed by atoms with Gasteiger partial charge in [-0.1, -0.05) is 18.7 Å². The molecule has 1 N–H and O–H groups in total. The summed E-state index contributed by atoms with van der Waals surface area (Å²) >= 11 is 1.46. The standard InChI is InChI=1S/C16H20N2O4S/c1-4-7-23-16-17-13-8-11(15(21)22-3)5-6-12(13)14(20)18(16)9-10(2)19/h5-6,8,10,19H,4,7,9H2,1-3H3/t10-/m1/s1. The summed E-state index contributed by atoms with van der Waals surface area (Å²) in [5.74, 6) is 0.346. The van der Waals surface area contributed by atoms with Crippen molar-refractivity contribution in [2.75, 3.05) is 12.9 Å². The molecule has 1 atom stereocenters. The van der Waals surface area contributed by atoms with E-state index in [-0.39, 0.29) is 12.1 Å². The van der Waals surface area contributed by atoms with Crippen molar-refractivity contribution in [3.63, 3.8) is 0 Å². The lowest BCUT2D eigenvalue weighted by molar-refractivity contribution is 0.0601. The maximum absolute atomic E-state index is 12.7. The number of hydrogen-bond donors (Lipinski definition) is 1. The normalized spacial score (nSPS) is 12.3. The van der Waals surface area contributed by atoms with Crippen LogP contribution in [0.15, 0.2) is 28.2 Å². The maximum atomic E-state index is 12.7. The molecule has 0 fully saturated rings. The number of aromatic nitrogens is 2. The first kappa shape index (κ1) is 17.5. The summed E-state index contributed by atoms with van der Waals surface area (Å²) in [5, 5.41) is 10.6. The van der Waals surface area contributed by atoms with Crippen molar-refractivity contribution in [3.05, 3.63) is 34.1 Å². The summed E-state index contributed by atoms with van der Waals surface area (Å²) in [6.45, 7) is 3.86. The van der Waals surface area contributed by atoms with E-state index >= 15 is 0 Å². The van der Waals surface area contributed by atoms with Crippen molar-refractivity contribution >= 4 is 28.6 Å². The number of ether oxygens (including phenoxy) is 1. The van der Waals surface area contributed by atoms with Gasteiger partial charge in [-0.25, -0.2) is 9.78 Å². The summed E-state index contributed by atoms with van der Waals surface area (Å²) in [4.78, 5) is 28.8. The largest absolute Gasteiger partial charge is 0.465 e. The number of aliphatic hydroxyl groups is 1. The molecule has 0 aliphatic carbocycles. The van der Waals surface area contributed by atoms with E-state index in [0.29, 0.717) is 21.6 Å². The number of esters is 1. The number of aliphatic hydroxyl groups excluding tert-OH is 1. The third-order valence-corrected chi connectivity index (χ3v) is 4.41. The van der Waals surface area contributed by atoms with E-state index in [2.05, 4.69) is 4.98 Å². The molecule has 0 bridgehead atoms. The molecule has 0 unspecified atom stereocenters. The molecule has 23 heavy (non-hydrogen) atoms. The second-order valence-electron chi connectivity index (χ2n) is 5.23. The zero-order chi connectivity index (χ0) is 17.0. The Balaban J connectivity index is 2.62. The molecule has 0 amide bonds. The van der Waals surface area contributed by atoms with Gasteiger partial charge in [-0.3, -0.25) is 9.36 Å². The first-order valence-corrected chi connectivity index (χ1v) is 8.40. The number of nitrogens with zero attached hydrogens (tertiary/aromatic N) is 2. The highest BCUT2D eigenvalue weighted by Gasteiger charge is 2.15. The van der Waals surface area contributed by atoms with Crippen molar-refractivity contribution in [2.45, 2.75) is 38.1 Å². The molecule has 1 heterocycles. The van der Waals surface area contributed by atoms with E-state index in [9.17, 15) is 14.7 Å². The zero-order valence-corrected chi connectivity index (χ0v) is 14.2. The molecule has 0 saturated carbocycles. The van der Waals surface area contributed by atoms with Gasteiger partial charge >= 0.3 is 5.97 Å². The Morgan fingerprint density at radius 1 is 1.48 bits per heavy atom. The molecule has 0 radical (unpaired) electrons. The van der Waals surface area contributed by atoms with Gasteiger partial charge in [-0.15, -0.1) is 0 Å². The summed E-state index contributed by atoms with van der Waals surface area (Å²) in [6.07, 6.45) is 0.289. The monoisotopic (exact) mass is 336 g/mol. The SMILES string of the molecule is CCCSc1nc2cc(C(=O)OC)ccc2c(=O)n1C[C@@H](C)O. The highest BCUT2D eigenvalue weighted by atomic mass is 32.2. The van der Waals surface area contributed by atoms with Crippen LogP contribution in [-0.2, 0) is 11.3 Å². The van der Waals surface area contributed by atoms with E-state index in [4.69, 9.17) is 4.74 Å². The molecule has 2 aromatic rings. The summed E-state index contributed by atoms with van der Waals surface area (Å²) in [6, 6.07) is 4.68. The first-order chi connectivity index (χ1) is 11.0. The Bertz CT molecular complexity index is 770. The van der Waals surface area contributed by atoms with Gasteiger partial charge in [0.2, 0.25) is 0 Å². The van der Waals surface area contributed by atoms with E-state index in [0.717, 1.165) is 12.2 Å². The third kappa shape index (κ3) is 3.92. The Morgan fingerprint density at radius 2 is 2.22 bits per heavy atom. The Hall–Kier alpha value is -1.86. The minimum absolute atomic E-state index is 0.187. The number of carbonyl (C=O) groups excluding carboxylic acids is 1. The van der Waals surface area contributed by atoms with Crippen LogP contribution in [0, 0.1) is 0 Å². The highest BCUT2D eigenvalue weighted by molar-refractivity contribution is 7.99. The van der Waals surface area contributed by atoms with Gasteiger partial charge in [-0.2, -0.15) is 0 Å². The summed E-state index contributed by atoms with van der Waals surface area (Å²) in [5.41, 5.74) is 0.593. The van der Waals surface area contributed by atoms with Gasteiger partial charge < -0.3 is 9.84 Å². The molecule has 124 valence electrons. The Kier molecular flexibility index (Phi) is 5.79. The predicted molar refractivity (Wildman–Crippen MR) is 90.0 cm³/mol. The van der Waals surface area contributed by atoms with Crippen LogP contribution in [-0.4, -0.2) is 39.6 Å². The Morgan fingerprint density at radius 3 is 2.83 bits per heavy atom. The lowest BCUT2D eigenvalue weighted by atomic mass is 10.1. The van der Waals surface area contributed by atoms with Crippen LogP contribution in [0.4, 0.5) is 0 Å². The number of thioether (sulfide) groups is 1. The minimum Gasteiger partial charge on any atom is -0.465 e. The predicted octanol–water partition coefficient (Wildman–Crippen LogP) is 2.07. The number of fused-ring (bicyclic) bond motifs is 1. The van der Waals surface area contributed by atoms with Gasteiger partial charge in [0.05, 0.1) is 36.2 Å². The summed E-state index contributed by atoms with van der Waals surface area (Å²) < 4.78 is 6.19.